The summed E-state index contributed by atoms with van der Waals surface area (Å²) in [5.74, 6) is -0.265. The minimum atomic E-state index is -0.667. The average molecular weight is 335 g/mol. The molecule has 8 heteroatoms. The molecule has 0 aliphatic carbocycles. The molecule has 0 spiro atoms. The summed E-state index contributed by atoms with van der Waals surface area (Å²) >= 11 is 1.68. The maximum Gasteiger partial charge on any atom is 0.290 e. The molecule has 3 rings (SSSR count). The van der Waals surface area contributed by atoms with Crippen LogP contribution in [0.5, 0.6) is 0 Å². The fraction of sp³-hybridized carbons (Fsp3) is 0.600. The third kappa shape index (κ3) is 3.42. The molecule has 1 fully saturated rings. The summed E-state index contributed by atoms with van der Waals surface area (Å²) in [6.07, 6.45) is 1.98. The number of thiazole rings is 1. The zero-order chi connectivity index (χ0) is 16.6. The first-order chi connectivity index (χ1) is 10.8. The SMILES string of the molecule is CC(C)(C)c1csc(CN2CCC[C@@H]2c2nc(C(N)=O)no2)n1. The minimum absolute atomic E-state index is 0.0255. The summed E-state index contributed by atoms with van der Waals surface area (Å²) in [4.78, 5) is 22.2. The molecule has 1 aliphatic heterocycles. The van der Waals surface area contributed by atoms with E-state index >= 15 is 0 Å². The van der Waals surface area contributed by atoms with Crippen molar-refractivity contribution in [2.75, 3.05) is 6.54 Å². The van der Waals surface area contributed by atoms with Gasteiger partial charge in [-0.05, 0) is 19.4 Å². The van der Waals surface area contributed by atoms with Crippen LogP contribution in [-0.4, -0.2) is 32.5 Å². The smallest absolute Gasteiger partial charge is 0.290 e. The summed E-state index contributed by atoms with van der Waals surface area (Å²) in [5.41, 5.74) is 6.35. The number of likely N-dealkylation sites (tertiary alicyclic amines) is 1. The van der Waals surface area contributed by atoms with E-state index in [2.05, 4.69) is 41.2 Å². The first kappa shape index (κ1) is 16.1. The molecule has 124 valence electrons. The van der Waals surface area contributed by atoms with Gasteiger partial charge in [-0.3, -0.25) is 9.69 Å². The van der Waals surface area contributed by atoms with Crippen molar-refractivity contribution in [3.8, 4) is 0 Å². The van der Waals surface area contributed by atoms with Gasteiger partial charge in [-0.25, -0.2) is 4.98 Å². The highest BCUT2D eigenvalue weighted by atomic mass is 32.1. The van der Waals surface area contributed by atoms with Gasteiger partial charge in [-0.1, -0.05) is 25.9 Å². The Morgan fingerprint density at radius 1 is 1.48 bits per heavy atom. The van der Waals surface area contributed by atoms with Gasteiger partial charge < -0.3 is 10.3 Å². The minimum Gasteiger partial charge on any atom is -0.363 e. The number of nitrogens with two attached hydrogens (primary N) is 1. The van der Waals surface area contributed by atoms with Gasteiger partial charge in [0.25, 0.3) is 11.7 Å². The van der Waals surface area contributed by atoms with Crippen molar-refractivity contribution < 1.29 is 9.32 Å². The maximum absolute atomic E-state index is 11.1. The monoisotopic (exact) mass is 335 g/mol. The van der Waals surface area contributed by atoms with Gasteiger partial charge in [0.15, 0.2) is 0 Å². The van der Waals surface area contributed by atoms with Crippen LogP contribution in [0.2, 0.25) is 0 Å². The highest BCUT2D eigenvalue weighted by molar-refractivity contribution is 7.09. The van der Waals surface area contributed by atoms with Crippen LogP contribution in [0.4, 0.5) is 0 Å². The van der Waals surface area contributed by atoms with Crippen LogP contribution in [0.3, 0.4) is 0 Å². The Balaban J connectivity index is 1.74. The number of carbonyl (C=O) groups excluding carboxylic acids is 1. The molecule has 0 saturated carbocycles. The van der Waals surface area contributed by atoms with E-state index in [4.69, 9.17) is 15.2 Å². The molecule has 3 heterocycles. The van der Waals surface area contributed by atoms with E-state index in [1.165, 1.54) is 0 Å². The van der Waals surface area contributed by atoms with Crippen molar-refractivity contribution in [3.63, 3.8) is 0 Å². The van der Waals surface area contributed by atoms with E-state index < -0.39 is 5.91 Å². The van der Waals surface area contributed by atoms with Crippen molar-refractivity contribution in [1.82, 2.24) is 20.0 Å². The van der Waals surface area contributed by atoms with Crippen LogP contribution in [0.15, 0.2) is 9.90 Å². The standard InChI is InChI=1S/C15H21N5O2S/c1-15(2,3)10-8-23-11(17-10)7-20-6-4-5-9(20)14-18-13(12(16)21)19-22-14/h8-9H,4-7H2,1-3H3,(H2,16,21)/t9-/m1/s1. The Morgan fingerprint density at radius 2 is 2.26 bits per heavy atom. The topological polar surface area (TPSA) is 98.1 Å². The molecular formula is C15H21N5O2S. The van der Waals surface area contributed by atoms with E-state index in [1.54, 1.807) is 11.3 Å². The Bertz CT molecular complexity index is 703. The molecule has 23 heavy (non-hydrogen) atoms. The van der Waals surface area contributed by atoms with E-state index in [0.717, 1.165) is 36.6 Å². The van der Waals surface area contributed by atoms with Gasteiger partial charge in [0.1, 0.15) is 5.01 Å². The van der Waals surface area contributed by atoms with Gasteiger partial charge in [0, 0.05) is 10.8 Å². The second-order valence-corrected chi connectivity index (χ2v) is 7.77. The summed E-state index contributed by atoms with van der Waals surface area (Å²) in [6.45, 7) is 8.18. The Kier molecular flexibility index (Phi) is 4.20. The molecule has 1 aliphatic rings. The number of rotatable bonds is 4. The second kappa shape index (κ2) is 6.01. The molecule has 2 aromatic rings. The van der Waals surface area contributed by atoms with Crippen LogP contribution in [0.25, 0.3) is 0 Å². The van der Waals surface area contributed by atoms with E-state index in [1.807, 2.05) is 0 Å². The fourth-order valence-corrected chi connectivity index (χ4v) is 3.71. The lowest BCUT2D eigenvalue weighted by molar-refractivity contribution is 0.0987. The molecule has 0 radical (unpaired) electrons. The number of aromatic nitrogens is 3. The molecule has 0 bridgehead atoms. The van der Waals surface area contributed by atoms with Gasteiger partial charge in [0.05, 0.1) is 18.3 Å². The van der Waals surface area contributed by atoms with E-state index in [-0.39, 0.29) is 17.3 Å². The fourth-order valence-electron chi connectivity index (χ4n) is 2.67. The van der Waals surface area contributed by atoms with Gasteiger partial charge in [0.2, 0.25) is 5.89 Å². The molecule has 1 amide bonds. The zero-order valence-corrected chi connectivity index (χ0v) is 14.4. The molecule has 1 atom stereocenters. The molecule has 2 N–H and O–H groups in total. The third-order valence-corrected chi connectivity index (χ3v) is 4.80. The highest BCUT2D eigenvalue weighted by Crippen LogP contribution is 2.33. The van der Waals surface area contributed by atoms with Gasteiger partial charge in [-0.2, -0.15) is 4.98 Å². The third-order valence-electron chi connectivity index (χ3n) is 3.97. The number of carbonyl (C=O) groups is 1. The van der Waals surface area contributed by atoms with Crippen molar-refractivity contribution in [2.24, 2.45) is 5.73 Å². The number of amides is 1. The summed E-state index contributed by atoms with van der Waals surface area (Å²) in [7, 11) is 0. The number of nitrogens with zero attached hydrogens (tertiary/aromatic N) is 4. The molecule has 1 saturated heterocycles. The Hall–Kier alpha value is -1.80. The van der Waals surface area contributed by atoms with Crippen molar-refractivity contribution >= 4 is 17.2 Å². The quantitative estimate of drug-likeness (QED) is 0.920. The number of primary amides is 1. The Morgan fingerprint density at radius 3 is 2.87 bits per heavy atom. The summed E-state index contributed by atoms with van der Waals surface area (Å²) in [5, 5.41) is 6.84. The van der Waals surface area contributed by atoms with Crippen LogP contribution in [0.1, 0.15) is 66.9 Å². The predicted octanol–water partition coefficient (Wildman–Crippen LogP) is 2.26. The van der Waals surface area contributed by atoms with Gasteiger partial charge in [-0.15, -0.1) is 11.3 Å². The molecule has 0 aromatic carbocycles. The summed E-state index contributed by atoms with van der Waals surface area (Å²) in [6, 6.07) is 0.0255. The van der Waals surface area contributed by atoms with Crippen molar-refractivity contribution in [3.05, 3.63) is 27.8 Å². The van der Waals surface area contributed by atoms with Crippen LogP contribution in [-0.2, 0) is 12.0 Å². The van der Waals surface area contributed by atoms with Crippen LogP contribution < -0.4 is 5.73 Å². The predicted molar refractivity (Wildman–Crippen MR) is 86.0 cm³/mol. The molecule has 2 aromatic heterocycles. The first-order valence-corrected chi connectivity index (χ1v) is 8.55. The average Bonchev–Trinajstić information content (AvgIpc) is 3.17. The largest absolute Gasteiger partial charge is 0.363 e. The maximum atomic E-state index is 11.1. The lowest BCUT2D eigenvalue weighted by Crippen LogP contribution is -2.23. The zero-order valence-electron chi connectivity index (χ0n) is 13.6. The van der Waals surface area contributed by atoms with E-state index in [9.17, 15) is 4.79 Å². The number of hydrogen-bond acceptors (Lipinski definition) is 7. The normalized spacial score (nSPS) is 19.3. The van der Waals surface area contributed by atoms with Crippen LogP contribution in [0, 0.1) is 0 Å². The summed E-state index contributed by atoms with van der Waals surface area (Å²) < 4.78 is 5.22. The van der Waals surface area contributed by atoms with Crippen LogP contribution >= 0.6 is 11.3 Å². The number of hydrogen-bond donors (Lipinski definition) is 1. The Labute approximate surface area is 138 Å². The van der Waals surface area contributed by atoms with Gasteiger partial charge >= 0.3 is 0 Å². The molecular weight excluding hydrogens is 314 g/mol. The van der Waals surface area contributed by atoms with E-state index in [0.29, 0.717) is 5.89 Å². The van der Waals surface area contributed by atoms with Crippen molar-refractivity contribution in [2.45, 2.75) is 51.6 Å². The lowest BCUT2D eigenvalue weighted by Gasteiger charge is -2.20. The van der Waals surface area contributed by atoms with Crippen molar-refractivity contribution in [1.29, 1.82) is 0 Å². The first-order valence-electron chi connectivity index (χ1n) is 7.67. The molecule has 7 nitrogen and oxygen atoms in total. The molecule has 0 unspecified atom stereocenters. The lowest BCUT2D eigenvalue weighted by atomic mass is 9.93. The highest BCUT2D eigenvalue weighted by Gasteiger charge is 2.32. The second-order valence-electron chi connectivity index (χ2n) is 6.83.